The molecular formula is C12H21ClN2O3S. The van der Waals surface area contributed by atoms with Gasteiger partial charge in [-0.15, -0.1) is 12.4 Å². The molecule has 0 unspecified atom stereocenters. The van der Waals surface area contributed by atoms with Crippen molar-refractivity contribution in [2.75, 3.05) is 13.7 Å². The van der Waals surface area contributed by atoms with E-state index in [0.717, 1.165) is 0 Å². The summed E-state index contributed by atoms with van der Waals surface area (Å²) < 4.78 is 31.7. The van der Waals surface area contributed by atoms with Crippen LogP contribution in [0.25, 0.3) is 0 Å². The molecule has 0 aliphatic carbocycles. The first kappa shape index (κ1) is 18.2. The van der Waals surface area contributed by atoms with Crippen LogP contribution >= 0.6 is 12.4 Å². The summed E-state index contributed by atoms with van der Waals surface area (Å²) in [7, 11) is -1.99. The summed E-state index contributed by atoms with van der Waals surface area (Å²) in [6.07, 6.45) is 0. The number of nitrogens with one attached hydrogen (secondary N) is 1. The summed E-state index contributed by atoms with van der Waals surface area (Å²) in [5.74, 6) is 0.630. The van der Waals surface area contributed by atoms with Gasteiger partial charge in [-0.3, -0.25) is 0 Å². The topological polar surface area (TPSA) is 81.4 Å². The Bertz CT molecular complexity index is 524. The Morgan fingerprint density at radius 1 is 1.37 bits per heavy atom. The molecule has 0 aliphatic rings. The summed E-state index contributed by atoms with van der Waals surface area (Å²) in [6.45, 7) is 5.43. The standard InChI is InChI=1S/C12H20N2O3S.ClH/c1-9-7-10(17-4)5-6-11(9)18(15,16)14-8-12(2,3)13;/h5-7,14H,8,13H2,1-4H3;1H. The van der Waals surface area contributed by atoms with Crippen molar-refractivity contribution in [3.05, 3.63) is 23.8 Å². The largest absolute Gasteiger partial charge is 0.497 e. The highest BCUT2D eigenvalue weighted by Crippen LogP contribution is 2.20. The van der Waals surface area contributed by atoms with E-state index in [1.54, 1.807) is 32.9 Å². The van der Waals surface area contributed by atoms with Gasteiger partial charge in [0.1, 0.15) is 5.75 Å². The minimum absolute atomic E-state index is 0. The minimum atomic E-state index is -3.53. The van der Waals surface area contributed by atoms with E-state index in [9.17, 15) is 8.42 Å². The molecule has 0 saturated heterocycles. The molecule has 0 aliphatic heterocycles. The second kappa shape index (κ2) is 6.56. The third-order valence-corrected chi connectivity index (χ3v) is 3.95. The van der Waals surface area contributed by atoms with Crippen molar-refractivity contribution >= 4 is 22.4 Å². The predicted octanol–water partition coefficient (Wildman–Crippen LogP) is 1.44. The van der Waals surface area contributed by atoms with Crippen LogP contribution in [0, 0.1) is 6.92 Å². The van der Waals surface area contributed by atoms with Crippen LogP contribution in [0.3, 0.4) is 0 Å². The molecule has 0 amide bonds. The molecule has 0 bridgehead atoms. The van der Waals surface area contributed by atoms with Crippen molar-refractivity contribution in [3.8, 4) is 5.75 Å². The summed E-state index contributed by atoms with van der Waals surface area (Å²) in [5.41, 5.74) is 5.80. The zero-order valence-electron chi connectivity index (χ0n) is 11.6. The molecular weight excluding hydrogens is 288 g/mol. The van der Waals surface area contributed by atoms with Crippen LogP contribution in [-0.2, 0) is 10.0 Å². The molecule has 0 aromatic heterocycles. The third-order valence-electron chi connectivity index (χ3n) is 2.39. The van der Waals surface area contributed by atoms with Crippen molar-refractivity contribution in [2.45, 2.75) is 31.2 Å². The Morgan fingerprint density at radius 2 is 1.95 bits per heavy atom. The zero-order valence-corrected chi connectivity index (χ0v) is 13.2. The number of nitrogens with two attached hydrogens (primary N) is 1. The lowest BCUT2D eigenvalue weighted by atomic mass is 10.1. The first-order valence-electron chi connectivity index (χ1n) is 5.59. The normalized spacial score (nSPS) is 11.8. The number of rotatable bonds is 5. The van der Waals surface area contributed by atoms with Crippen LogP contribution in [0.4, 0.5) is 0 Å². The van der Waals surface area contributed by atoms with Crippen LogP contribution in [0.2, 0.25) is 0 Å². The zero-order chi connectivity index (χ0) is 14.0. The minimum Gasteiger partial charge on any atom is -0.497 e. The van der Waals surface area contributed by atoms with Gasteiger partial charge in [-0.1, -0.05) is 0 Å². The number of ether oxygens (including phenoxy) is 1. The SMILES string of the molecule is COc1ccc(S(=O)(=O)NCC(C)(C)N)c(C)c1.Cl. The van der Waals surface area contributed by atoms with Gasteiger partial charge < -0.3 is 10.5 Å². The van der Waals surface area contributed by atoms with E-state index < -0.39 is 15.6 Å². The number of sulfonamides is 1. The van der Waals surface area contributed by atoms with Gasteiger partial charge in [0, 0.05) is 12.1 Å². The van der Waals surface area contributed by atoms with Crippen molar-refractivity contribution in [1.82, 2.24) is 4.72 Å². The lowest BCUT2D eigenvalue weighted by Crippen LogP contribution is -2.45. The molecule has 0 heterocycles. The number of hydrogen-bond acceptors (Lipinski definition) is 4. The van der Waals surface area contributed by atoms with Crippen LogP contribution in [-0.4, -0.2) is 27.6 Å². The van der Waals surface area contributed by atoms with Crippen molar-refractivity contribution in [1.29, 1.82) is 0 Å². The highest BCUT2D eigenvalue weighted by Gasteiger charge is 2.20. The molecule has 1 aromatic carbocycles. The molecule has 7 heteroatoms. The first-order chi connectivity index (χ1) is 8.15. The smallest absolute Gasteiger partial charge is 0.240 e. The number of hydrogen-bond donors (Lipinski definition) is 2. The monoisotopic (exact) mass is 308 g/mol. The van der Waals surface area contributed by atoms with Gasteiger partial charge in [0.25, 0.3) is 0 Å². The highest BCUT2D eigenvalue weighted by atomic mass is 35.5. The van der Waals surface area contributed by atoms with Gasteiger partial charge in [0.2, 0.25) is 10.0 Å². The second-order valence-electron chi connectivity index (χ2n) is 4.94. The Morgan fingerprint density at radius 3 is 2.37 bits per heavy atom. The molecule has 110 valence electrons. The van der Waals surface area contributed by atoms with E-state index in [1.165, 1.54) is 13.2 Å². The molecule has 5 nitrogen and oxygen atoms in total. The van der Waals surface area contributed by atoms with E-state index in [-0.39, 0.29) is 23.8 Å². The van der Waals surface area contributed by atoms with E-state index in [1.807, 2.05) is 0 Å². The van der Waals surface area contributed by atoms with Crippen LogP contribution in [0.15, 0.2) is 23.1 Å². The molecule has 19 heavy (non-hydrogen) atoms. The van der Waals surface area contributed by atoms with E-state index in [0.29, 0.717) is 11.3 Å². The maximum absolute atomic E-state index is 12.1. The average Bonchev–Trinajstić information content (AvgIpc) is 2.25. The molecule has 0 fully saturated rings. The van der Waals surface area contributed by atoms with Gasteiger partial charge in [0.15, 0.2) is 0 Å². The Hall–Kier alpha value is -0.820. The van der Waals surface area contributed by atoms with Crippen molar-refractivity contribution in [2.24, 2.45) is 5.73 Å². The quantitative estimate of drug-likeness (QED) is 0.862. The number of methoxy groups -OCH3 is 1. The van der Waals surface area contributed by atoms with E-state index in [4.69, 9.17) is 10.5 Å². The Balaban J connectivity index is 0.00000324. The van der Waals surface area contributed by atoms with Gasteiger partial charge >= 0.3 is 0 Å². The highest BCUT2D eigenvalue weighted by molar-refractivity contribution is 7.89. The first-order valence-corrected chi connectivity index (χ1v) is 7.07. The van der Waals surface area contributed by atoms with Gasteiger partial charge in [-0.25, -0.2) is 13.1 Å². The van der Waals surface area contributed by atoms with Crippen LogP contribution in [0.5, 0.6) is 5.75 Å². The van der Waals surface area contributed by atoms with Gasteiger partial charge in [0.05, 0.1) is 12.0 Å². The second-order valence-corrected chi connectivity index (χ2v) is 6.68. The lowest BCUT2D eigenvalue weighted by Gasteiger charge is -2.19. The molecule has 0 saturated carbocycles. The van der Waals surface area contributed by atoms with Crippen LogP contribution < -0.4 is 15.2 Å². The molecule has 0 spiro atoms. The molecule has 0 atom stereocenters. The summed E-state index contributed by atoms with van der Waals surface area (Å²) in [4.78, 5) is 0.243. The van der Waals surface area contributed by atoms with E-state index >= 15 is 0 Å². The number of aryl methyl sites for hydroxylation is 1. The summed E-state index contributed by atoms with van der Waals surface area (Å²) in [6, 6.07) is 4.83. The fraction of sp³-hybridized carbons (Fsp3) is 0.500. The van der Waals surface area contributed by atoms with Gasteiger partial charge in [-0.05, 0) is 44.5 Å². The van der Waals surface area contributed by atoms with Gasteiger partial charge in [-0.2, -0.15) is 0 Å². The predicted molar refractivity (Wildman–Crippen MR) is 78.4 cm³/mol. The molecule has 1 aromatic rings. The molecule has 1 rings (SSSR count). The number of benzene rings is 1. The molecule has 3 N–H and O–H groups in total. The van der Waals surface area contributed by atoms with Crippen molar-refractivity contribution < 1.29 is 13.2 Å². The van der Waals surface area contributed by atoms with Crippen molar-refractivity contribution in [3.63, 3.8) is 0 Å². The summed E-state index contributed by atoms with van der Waals surface area (Å²) in [5, 5.41) is 0. The van der Waals surface area contributed by atoms with E-state index in [2.05, 4.69) is 4.72 Å². The Labute approximate surface area is 121 Å². The Kier molecular flexibility index (Phi) is 6.28. The lowest BCUT2D eigenvalue weighted by molar-refractivity contribution is 0.414. The van der Waals surface area contributed by atoms with Crippen LogP contribution in [0.1, 0.15) is 19.4 Å². The average molecular weight is 309 g/mol. The molecule has 0 radical (unpaired) electrons. The fourth-order valence-electron chi connectivity index (χ4n) is 1.41. The summed E-state index contributed by atoms with van der Waals surface area (Å²) >= 11 is 0. The fourth-order valence-corrected chi connectivity index (χ4v) is 2.86. The maximum atomic E-state index is 12.1. The maximum Gasteiger partial charge on any atom is 0.240 e. The third kappa shape index (κ3) is 5.36. The number of halogens is 1.